The number of anilines is 1. The third-order valence-corrected chi connectivity index (χ3v) is 3.36. The molecule has 0 bridgehead atoms. The van der Waals surface area contributed by atoms with E-state index < -0.39 is 0 Å². The lowest BCUT2D eigenvalue weighted by molar-refractivity contribution is -0.120. The summed E-state index contributed by atoms with van der Waals surface area (Å²) in [5.41, 5.74) is 3.46. The number of nitrogens with zero attached hydrogens (tertiary/aromatic N) is 2. The van der Waals surface area contributed by atoms with Crippen molar-refractivity contribution >= 4 is 17.5 Å². The average Bonchev–Trinajstić information content (AvgIpc) is 2.85. The number of carbonyl (C=O) groups excluding carboxylic acids is 2. The van der Waals surface area contributed by atoms with Gasteiger partial charge in [-0.2, -0.15) is 5.10 Å². The Hall–Kier alpha value is -2.89. The van der Waals surface area contributed by atoms with E-state index in [2.05, 4.69) is 22.3 Å². The van der Waals surface area contributed by atoms with E-state index in [0.29, 0.717) is 12.2 Å². The van der Waals surface area contributed by atoms with Crippen LogP contribution in [-0.2, 0) is 29.6 Å². The van der Waals surface area contributed by atoms with Crippen LogP contribution in [0.1, 0.15) is 16.8 Å². The molecule has 0 aliphatic rings. The summed E-state index contributed by atoms with van der Waals surface area (Å²) in [4.78, 5) is 23.2. The van der Waals surface area contributed by atoms with Crippen LogP contribution < -0.4 is 10.6 Å². The van der Waals surface area contributed by atoms with E-state index in [1.807, 2.05) is 32.3 Å². The van der Waals surface area contributed by atoms with E-state index in [0.717, 1.165) is 16.8 Å². The maximum atomic E-state index is 12.0. The predicted octanol–water partition coefficient (Wildman–Crippen LogP) is 1.71. The summed E-state index contributed by atoms with van der Waals surface area (Å²) in [5, 5.41) is 9.78. The van der Waals surface area contributed by atoms with Gasteiger partial charge in [-0.15, -0.1) is 0 Å². The van der Waals surface area contributed by atoms with Crippen LogP contribution in [0.2, 0.25) is 0 Å². The third-order valence-electron chi connectivity index (χ3n) is 3.36. The van der Waals surface area contributed by atoms with Crippen molar-refractivity contribution in [2.75, 3.05) is 5.32 Å². The molecule has 120 valence electrons. The van der Waals surface area contributed by atoms with Gasteiger partial charge in [-0.3, -0.25) is 14.3 Å². The molecule has 1 aromatic carbocycles. The van der Waals surface area contributed by atoms with Crippen LogP contribution in [0.4, 0.5) is 5.69 Å². The normalized spacial score (nSPS) is 10.2. The van der Waals surface area contributed by atoms with E-state index in [9.17, 15) is 9.59 Å². The lowest BCUT2D eigenvalue weighted by atomic mass is 10.1. The quantitative estimate of drug-likeness (QED) is 0.797. The zero-order valence-electron chi connectivity index (χ0n) is 13.3. The van der Waals surface area contributed by atoms with Gasteiger partial charge in [-0.25, -0.2) is 0 Å². The highest BCUT2D eigenvalue weighted by Crippen LogP contribution is 2.10. The summed E-state index contributed by atoms with van der Waals surface area (Å²) in [5.74, 6) is -0.321. The van der Waals surface area contributed by atoms with Crippen LogP contribution in [0.15, 0.2) is 43.1 Å². The van der Waals surface area contributed by atoms with Gasteiger partial charge in [0, 0.05) is 31.0 Å². The Bertz CT molecular complexity index is 717. The fourth-order valence-electron chi connectivity index (χ4n) is 2.16. The lowest BCUT2D eigenvalue weighted by Crippen LogP contribution is -2.24. The molecule has 0 spiro atoms. The predicted molar refractivity (Wildman–Crippen MR) is 88.8 cm³/mol. The molecule has 6 heteroatoms. The van der Waals surface area contributed by atoms with Crippen LogP contribution in [0, 0.1) is 6.92 Å². The molecule has 2 rings (SSSR count). The summed E-state index contributed by atoms with van der Waals surface area (Å²) in [6.07, 6.45) is 3.39. The molecule has 0 saturated carbocycles. The minimum absolute atomic E-state index is 0.0591. The molecular weight excluding hydrogens is 292 g/mol. The second-order valence-electron chi connectivity index (χ2n) is 5.26. The minimum atomic E-state index is -0.262. The fourth-order valence-corrected chi connectivity index (χ4v) is 2.16. The van der Waals surface area contributed by atoms with Crippen molar-refractivity contribution in [2.24, 2.45) is 7.05 Å². The van der Waals surface area contributed by atoms with Gasteiger partial charge in [0.05, 0.1) is 12.1 Å². The molecule has 0 radical (unpaired) electrons. The van der Waals surface area contributed by atoms with Crippen molar-refractivity contribution in [1.82, 2.24) is 15.1 Å². The Kier molecular flexibility index (Phi) is 5.30. The first kappa shape index (κ1) is 16.5. The summed E-state index contributed by atoms with van der Waals surface area (Å²) in [6, 6.07) is 7.14. The number of aryl methyl sites for hydroxylation is 2. The summed E-state index contributed by atoms with van der Waals surface area (Å²) >= 11 is 0. The fraction of sp³-hybridized carbons (Fsp3) is 0.235. The number of aromatic nitrogens is 2. The standard InChI is InChI=1S/C17H20N4O2/c1-4-16(22)19-15-7-5-13(6-8-15)9-17(23)18-10-14-11-21(3)20-12(14)2/h4-8,11H,1,9-10H2,2-3H3,(H,18,23)(H,19,22). The Morgan fingerprint density at radius 1 is 1.30 bits per heavy atom. The van der Waals surface area contributed by atoms with Gasteiger partial charge in [0.15, 0.2) is 0 Å². The van der Waals surface area contributed by atoms with Crippen LogP contribution in [0.5, 0.6) is 0 Å². The maximum absolute atomic E-state index is 12.0. The van der Waals surface area contributed by atoms with Crippen molar-refractivity contribution in [1.29, 1.82) is 0 Å². The van der Waals surface area contributed by atoms with Gasteiger partial charge >= 0.3 is 0 Å². The van der Waals surface area contributed by atoms with Crippen LogP contribution in [-0.4, -0.2) is 21.6 Å². The lowest BCUT2D eigenvalue weighted by Gasteiger charge is -2.06. The Morgan fingerprint density at radius 2 is 2.00 bits per heavy atom. The van der Waals surface area contributed by atoms with E-state index >= 15 is 0 Å². The van der Waals surface area contributed by atoms with Crippen LogP contribution in [0.25, 0.3) is 0 Å². The first-order valence-corrected chi connectivity index (χ1v) is 7.26. The summed E-state index contributed by atoms with van der Waals surface area (Å²) in [7, 11) is 1.85. The molecule has 1 aromatic heterocycles. The van der Waals surface area contributed by atoms with Crippen molar-refractivity contribution in [3.05, 3.63) is 59.9 Å². The molecule has 0 fully saturated rings. The Balaban J connectivity index is 1.86. The van der Waals surface area contributed by atoms with Crippen LogP contribution >= 0.6 is 0 Å². The van der Waals surface area contributed by atoms with Crippen molar-refractivity contribution in [2.45, 2.75) is 19.9 Å². The number of carbonyl (C=O) groups is 2. The number of hydrogen-bond acceptors (Lipinski definition) is 3. The number of benzene rings is 1. The SMILES string of the molecule is C=CC(=O)Nc1ccc(CC(=O)NCc2cn(C)nc2C)cc1. The smallest absolute Gasteiger partial charge is 0.247 e. The molecule has 0 aliphatic carbocycles. The van der Waals surface area contributed by atoms with Gasteiger partial charge in [0.25, 0.3) is 0 Å². The van der Waals surface area contributed by atoms with Gasteiger partial charge in [0.1, 0.15) is 0 Å². The van der Waals surface area contributed by atoms with E-state index in [1.54, 1.807) is 16.8 Å². The second kappa shape index (κ2) is 7.40. The highest BCUT2D eigenvalue weighted by atomic mass is 16.2. The van der Waals surface area contributed by atoms with E-state index in [4.69, 9.17) is 0 Å². The third kappa shape index (κ3) is 4.81. The first-order chi connectivity index (χ1) is 11.0. The molecule has 0 unspecified atom stereocenters. The van der Waals surface area contributed by atoms with Gasteiger partial charge in [0.2, 0.25) is 11.8 Å². The number of nitrogens with one attached hydrogen (secondary N) is 2. The van der Waals surface area contributed by atoms with Crippen molar-refractivity contribution in [3.63, 3.8) is 0 Å². The molecule has 6 nitrogen and oxygen atoms in total. The maximum Gasteiger partial charge on any atom is 0.247 e. The Labute approximate surface area is 135 Å². The number of hydrogen-bond donors (Lipinski definition) is 2. The van der Waals surface area contributed by atoms with Crippen molar-refractivity contribution < 1.29 is 9.59 Å². The minimum Gasteiger partial charge on any atom is -0.352 e. The zero-order valence-corrected chi connectivity index (χ0v) is 13.3. The highest BCUT2D eigenvalue weighted by molar-refractivity contribution is 5.98. The molecule has 2 N–H and O–H groups in total. The molecule has 2 amide bonds. The zero-order chi connectivity index (χ0) is 16.8. The number of rotatable bonds is 6. The van der Waals surface area contributed by atoms with Gasteiger partial charge in [-0.1, -0.05) is 18.7 Å². The molecule has 0 atom stereocenters. The molecule has 23 heavy (non-hydrogen) atoms. The van der Waals surface area contributed by atoms with Crippen LogP contribution in [0.3, 0.4) is 0 Å². The second-order valence-corrected chi connectivity index (χ2v) is 5.26. The molecular formula is C17H20N4O2. The topological polar surface area (TPSA) is 76.0 Å². The summed E-state index contributed by atoms with van der Waals surface area (Å²) < 4.78 is 1.73. The Morgan fingerprint density at radius 3 is 2.57 bits per heavy atom. The number of amides is 2. The average molecular weight is 312 g/mol. The molecule has 2 aromatic rings. The summed E-state index contributed by atoms with van der Waals surface area (Å²) in [6.45, 7) is 5.77. The van der Waals surface area contributed by atoms with Gasteiger partial charge < -0.3 is 10.6 Å². The largest absolute Gasteiger partial charge is 0.352 e. The highest BCUT2D eigenvalue weighted by Gasteiger charge is 2.07. The van der Waals surface area contributed by atoms with E-state index in [-0.39, 0.29) is 18.2 Å². The van der Waals surface area contributed by atoms with Gasteiger partial charge in [-0.05, 0) is 30.7 Å². The molecule has 1 heterocycles. The molecule has 0 saturated heterocycles. The first-order valence-electron chi connectivity index (χ1n) is 7.26. The van der Waals surface area contributed by atoms with E-state index in [1.165, 1.54) is 6.08 Å². The molecule has 0 aliphatic heterocycles. The van der Waals surface area contributed by atoms with Crippen molar-refractivity contribution in [3.8, 4) is 0 Å². The monoisotopic (exact) mass is 312 g/mol.